The molecule has 0 amide bonds. The van der Waals surface area contributed by atoms with Gasteiger partial charge in [-0.25, -0.2) is 0 Å². The van der Waals surface area contributed by atoms with Gasteiger partial charge < -0.3 is 4.74 Å². The molecule has 0 heterocycles. The van der Waals surface area contributed by atoms with Crippen molar-refractivity contribution in [3.8, 4) is 5.75 Å². The Bertz CT molecular complexity index is 586. The molecule has 1 nitrogen and oxygen atoms in total. The predicted octanol–water partition coefficient (Wildman–Crippen LogP) is 1.96. The van der Waals surface area contributed by atoms with Crippen molar-refractivity contribution in [1.29, 1.82) is 0 Å². The Labute approximate surface area is 135 Å². The summed E-state index contributed by atoms with van der Waals surface area (Å²) in [6.45, 7) is 0. The van der Waals surface area contributed by atoms with Gasteiger partial charge in [-0.3, -0.25) is 0 Å². The van der Waals surface area contributed by atoms with Crippen LogP contribution in [0.15, 0.2) is 54.6 Å². The molecule has 9 heteroatoms. The Morgan fingerprint density at radius 1 is 0.727 bits per heavy atom. The molecule has 0 N–H and O–H groups in total. The van der Waals surface area contributed by atoms with Crippen LogP contribution >= 0.6 is 0 Å². The van der Waals surface area contributed by atoms with Crippen LogP contribution in [0.5, 0.6) is 5.75 Å². The van der Waals surface area contributed by atoms with E-state index in [-0.39, 0.29) is 21.2 Å². The van der Waals surface area contributed by atoms with E-state index < -0.39 is 14.2 Å². The topological polar surface area (TPSA) is 9.23 Å². The van der Waals surface area contributed by atoms with Crippen LogP contribution in [0.2, 0.25) is 0 Å². The zero-order valence-electron chi connectivity index (χ0n) is 11.2. The molecule has 0 aliphatic rings. The third kappa shape index (κ3) is 11.7. The van der Waals surface area contributed by atoms with E-state index >= 15 is 0 Å². The fourth-order valence-electron chi connectivity index (χ4n) is 1.24. The van der Waals surface area contributed by atoms with Crippen molar-refractivity contribution in [2.45, 2.75) is 0 Å². The molecule has 0 spiro atoms. The van der Waals surface area contributed by atoms with Crippen LogP contribution in [0.25, 0.3) is 0 Å². The van der Waals surface area contributed by atoms with Gasteiger partial charge in [0.2, 0.25) is 0 Å². The second-order valence-corrected chi connectivity index (χ2v) is 11.1. The van der Waals surface area contributed by atoms with Crippen LogP contribution in [0, 0.1) is 7.14 Å². The molecule has 2 aromatic rings. The molecule has 0 saturated carbocycles. The van der Waals surface area contributed by atoms with Gasteiger partial charge in [-0.1, -0.05) is 18.2 Å². The second kappa shape index (κ2) is 6.31. The predicted molar refractivity (Wildman–Crippen MR) is 69.2 cm³/mol. The number of hydrogen-bond acceptors (Lipinski definition) is 1. The molecule has 0 aliphatic heterocycles. The van der Waals surface area contributed by atoms with E-state index in [0.29, 0.717) is 0 Å². The number of benzene rings is 2. The van der Waals surface area contributed by atoms with Crippen molar-refractivity contribution in [3.05, 3.63) is 61.7 Å². The molecule has 0 radical (unpaired) electrons. The maximum absolute atomic E-state index is 11.1. The van der Waals surface area contributed by atoms with E-state index in [0.717, 1.165) is 5.75 Å². The quantitative estimate of drug-likeness (QED) is 0.356. The van der Waals surface area contributed by atoms with Crippen molar-refractivity contribution in [3.63, 3.8) is 0 Å². The fourth-order valence-corrected chi connectivity index (χ4v) is 3.45. The van der Waals surface area contributed by atoms with Crippen molar-refractivity contribution < 1.29 is 46.7 Å². The standard InChI is InChI=1S/C13H12IO.AsF6/c1-15-13-9-7-12(8-10-13)14-11-5-3-2-4-6-11;2-1(3,4,5,6)7/h2-10H,1H3;/q+1;-1. The number of rotatable bonds is 3. The first-order chi connectivity index (χ1) is 9.83. The molecule has 22 heavy (non-hydrogen) atoms. The number of methoxy groups -OCH3 is 1. The van der Waals surface area contributed by atoms with Gasteiger partial charge in [0.1, 0.15) is 5.75 Å². The normalized spacial score (nSPS) is 14.1. The zero-order valence-corrected chi connectivity index (χ0v) is 15.2. The number of ether oxygens (including phenoxy) is 1. The van der Waals surface area contributed by atoms with Gasteiger partial charge in [0, 0.05) is 0 Å². The summed E-state index contributed by atoms with van der Waals surface area (Å²) >= 11 is -11.1. The Balaban J connectivity index is 0.000000295. The third-order valence-corrected chi connectivity index (χ3v) is 4.68. The summed E-state index contributed by atoms with van der Waals surface area (Å²) < 4.78 is 67.4. The Kier molecular flexibility index (Phi) is 5.50. The number of hydrogen-bond donors (Lipinski definition) is 0. The molecule has 0 aromatic heterocycles. The molecular formula is C13H12AsF6IO. The Morgan fingerprint density at radius 3 is 1.55 bits per heavy atom. The minimum atomic E-state index is -11.1. The van der Waals surface area contributed by atoms with Gasteiger partial charge in [-0.2, -0.15) is 0 Å². The van der Waals surface area contributed by atoms with E-state index in [2.05, 4.69) is 42.5 Å². The second-order valence-electron chi connectivity index (χ2n) is 4.01. The summed E-state index contributed by atoms with van der Waals surface area (Å²) in [6, 6.07) is 19.0. The van der Waals surface area contributed by atoms with Gasteiger partial charge >= 0.3 is 56.2 Å². The van der Waals surface area contributed by atoms with E-state index in [4.69, 9.17) is 4.74 Å². The maximum atomic E-state index is 9.91. The Hall–Kier alpha value is -0.892. The molecular weight excluding hydrogens is 488 g/mol. The molecule has 124 valence electrons. The van der Waals surface area contributed by atoms with E-state index in [1.165, 1.54) is 7.14 Å². The molecule has 0 unspecified atom stereocenters. The van der Waals surface area contributed by atoms with Crippen LogP contribution in [0.3, 0.4) is 0 Å². The van der Waals surface area contributed by atoms with E-state index in [1.54, 1.807) is 7.11 Å². The fraction of sp³-hybridized carbons (Fsp3) is 0.0769. The van der Waals surface area contributed by atoms with Gasteiger partial charge in [-0.15, -0.1) is 0 Å². The third-order valence-electron chi connectivity index (χ3n) is 2.00. The SMILES string of the molecule is COc1ccc([I+]c2ccccc2)cc1.F[As-](F)(F)(F)(F)F. The van der Waals surface area contributed by atoms with Crippen molar-refractivity contribution in [1.82, 2.24) is 0 Å². The number of halogens is 7. The summed E-state index contributed by atoms with van der Waals surface area (Å²) in [5.74, 6) is 0.927. The van der Waals surface area contributed by atoms with Gasteiger partial charge in [0.05, 0.1) is 7.11 Å². The van der Waals surface area contributed by atoms with E-state index in [9.17, 15) is 20.8 Å². The van der Waals surface area contributed by atoms with E-state index in [1.807, 2.05) is 12.1 Å². The monoisotopic (exact) mass is 500 g/mol. The van der Waals surface area contributed by atoms with Crippen molar-refractivity contribution in [2.75, 3.05) is 7.11 Å². The molecule has 2 rings (SSSR count). The molecule has 0 aliphatic carbocycles. The van der Waals surface area contributed by atoms with Crippen LogP contribution in [0.4, 0.5) is 20.8 Å². The molecule has 0 fully saturated rings. The first-order valence-electron chi connectivity index (χ1n) is 5.74. The Morgan fingerprint density at radius 2 is 1.14 bits per heavy atom. The van der Waals surface area contributed by atoms with Gasteiger partial charge in [0.25, 0.3) is 0 Å². The molecule has 0 saturated heterocycles. The molecule has 0 bridgehead atoms. The summed E-state index contributed by atoms with van der Waals surface area (Å²) in [5, 5.41) is 0. The summed E-state index contributed by atoms with van der Waals surface area (Å²) in [6.07, 6.45) is 0. The van der Waals surface area contributed by atoms with Crippen LogP contribution < -0.4 is 25.9 Å². The average molecular weight is 500 g/mol. The molecule has 0 atom stereocenters. The van der Waals surface area contributed by atoms with Crippen LogP contribution in [0.1, 0.15) is 0 Å². The first kappa shape index (κ1) is 19.2. The minimum absolute atomic E-state index is 0.0449. The van der Waals surface area contributed by atoms with Crippen LogP contribution in [-0.4, -0.2) is 21.3 Å². The van der Waals surface area contributed by atoms with Crippen molar-refractivity contribution in [2.24, 2.45) is 0 Å². The zero-order chi connectivity index (χ0) is 16.9. The summed E-state index contributed by atoms with van der Waals surface area (Å²) in [7, 11) is 1.70. The van der Waals surface area contributed by atoms with Gasteiger partial charge in [0.15, 0.2) is 7.14 Å². The average Bonchev–Trinajstić information content (AvgIpc) is 2.37. The van der Waals surface area contributed by atoms with Crippen molar-refractivity contribution >= 4 is 14.2 Å². The summed E-state index contributed by atoms with van der Waals surface area (Å²) in [4.78, 5) is 0. The molecule has 2 aromatic carbocycles. The first-order valence-corrected chi connectivity index (χ1v) is 12.1. The van der Waals surface area contributed by atoms with Crippen LogP contribution in [-0.2, 0) is 0 Å². The summed E-state index contributed by atoms with van der Waals surface area (Å²) in [5.41, 5.74) is 0. The van der Waals surface area contributed by atoms with Gasteiger partial charge in [-0.05, 0) is 36.4 Å².